The molecule has 0 atom stereocenters. The molecule has 1 aromatic heterocycles. The zero-order valence-electron chi connectivity index (χ0n) is 11.6. The molecule has 0 radical (unpaired) electrons. The molecule has 0 aliphatic rings. The summed E-state index contributed by atoms with van der Waals surface area (Å²) in [4.78, 5) is 8.96. The number of aromatic nitrogens is 2. The molecule has 3 rings (SSSR count). The Kier molecular flexibility index (Phi) is 3.70. The molecule has 0 saturated heterocycles. The van der Waals surface area contributed by atoms with Crippen LogP contribution in [0.25, 0.3) is 10.8 Å². The standard InChI is InChI=1S/C17H16N2S/c1-12-10-13(2)19-17(18-12)20-11-15-8-5-7-14-6-3-4-9-16(14)15/h3-10H,11H2,1-2H3. The molecule has 0 bridgehead atoms. The Morgan fingerprint density at radius 3 is 2.40 bits per heavy atom. The van der Waals surface area contributed by atoms with Crippen LogP contribution >= 0.6 is 11.8 Å². The summed E-state index contributed by atoms with van der Waals surface area (Å²) in [6, 6.07) is 16.9. The van der Waals surface area contributed by atoms with Gasteiger partial charge >= 0.3 is 0 Å². The maximum atomic E-state index is 4.48. The quantitative estimate of drug-likeness (QED) is 0.520. The zero-order valence-corrected chi connectivity index (χ0v) is 12.4. The van der Waals surface area contributed by atoms with E-state index in [2.05, 4.69) is 52.4 Å². The molecule has 0 aliphatic heterocycles. The van der Waals surface area contributed by atoms with Crippen LogP contribution in [-0.4, -0.2) is 9.97 Å². The molecular formula is C17H16N2S. The number of rotatable bonds is 3. The van der Waals surface area contributed by atoms with Gasteiger partial charge < -0.3 is 0 Å². The lowest BCUT2D eigenvalue weighted by atomic mass is 10.1. The van der Waals surface area contributed by atoms with Gasteiger partial charge in [0, 0.05) is 17.1 Å². The zero-order chi connectivity index (χ0) is 13.9. The Hall–Kier alpha value is -1.87. The van der Waals surface area contributed by atoms with Crippen molar-refractivity contribution in [3.05, 3.63) is 65.5 Å². The minimum Gasteiger partial charge on any atom is -0.228 e. The Balaban J connectivity index is 1.87. The summed E-state index contributed by atoms with van der Waals surface area (Å²) in [5.41, 5.74) is 3.38. The number of thioether (sulfide) groups is 1. The van der Waals surface area contributed by atoms with E-state index >= 15 is 0 Å². The van der Waals surface area contributed by atoms with Crippen LogP contribution in [-0.2, 0) is 5.75 Å². The van der Waals surface area contributed by atoms with Crippen LogP contribution in [0.15, 0.2) is 53.7 Å². The minimum atomic E-state index is 0.857. The van der Waals surface area contributed by atoms with Crippen molar-refractivity contribution in [2.24, 2.45) is 0 Å². The normalized spacial score (nSPS) is 10.9. The topological polar surface area (TPSA) is 25.8 Å². The summed E-state index contributed by atoms with van der Waals surface area (Å²) in [7, 11) is 0. The van der Waals surface area contributed by atoms with E-state index in [0.29, 0.717) is 0 Å². The van der Waals surface area contributed by atoms with E-state index in [1.807, 2.05) is 19.9 Å². The molecule has 0 fully saturated rings. The van der Waals surface area contributed by atoms with Crippen molar-refractivity contribution in [1.29, 1.82) is 0 Å². The van der Waals surface area contributed by atoms with Crippen molar-refractivity contribution < 1.29 is 0 Å². The number of aryl methyl sites for hydroxylation is 2. The summed E-state index contributed by atoms with van der Waals surface area (Å²) in [6.45, 7) is 4.02. The van der Waals surface area contributed by atoms with Gasteiger partial charge in [0.15, 0.2) is 5.16 Å². The highest BCUT2D eigenvalue weighted by molar-refractivity contribution is 7.98. The molecule has 0 aliphatic carbocycles. The first kappa shape index (κ1) is 13.1. The molecule has 20 heavy (non-hydrogen) atoms. The van der Waals surface area contributed by atoms with Crippen molar-refractivity contribution in [2.45, 2.75) is 24.8 Å². The van der Waals surface area contributed by atoms with Gasteiger partial charge in [-0.05, 0) is 36.2 Å². The van der Waals surface area contributed by atoms with Gasteiger partial charge in [0.2, 0.25) is 0 Å². The summed E-state index contributed by atoms with van der Waals surface area (Å²) >= 11 is 1.69. The second-order valence-corrected chi connectivity index (χ2v) is 5.80. The molecule has 100 valence electrons. The number of hydrogen-bond donors (Lipinski definition) is 0. The minimum absolute atomic E-state index is 0.857. The van der Waals surface area contributed by atoms with Crippen molar-refractivity contribution >= 4 is 22.5 Å². The lowest BCUT2D eigenvalue weighted by Gasteiger charge is -2.06. The first-order chi connectivity index (χ1) is 9.72. The summed E-state index contributed by atoms with van der Waals surface area (Å²) in [5, 5.41) is 3.45. The second kappa shape index (κ2) is 5.63. The van der Waals surface area contributed by atoms with Crippen LogP contribution in [0.2, 0.25) is 0 Å². The molecule has 0 spiro atoms. The predicted molar refractivity (Wildman–Crippen MR) is 85.0 cm³/mol. The Morgan fingerprint density at radius 1 is 0.900 bits per heavy atom. The monoisotopic (exact) mass is 280 g/mol. The first-order valence-corrected chi connectivity index (χ1v) is 7.63. The van der Waals surface area contributed by atoms with Gasteiger partial charge in [-0.25, -0.2) is 9.97 Å². The first-order valence-electron chi connectivity index (χ1n) is 6.64. The molecular weight excluding hydrogens is 264 g/mol. The third kappa shape index (κ3) is 2.83. The maximum absolute atomic E-state index is 4.48. The predicted octanol–water partition coefficient (Wildman–Crippen LogP) is 4.54. The average Bonchev–Trinajstić information content (AvgIpc) is 2.44. The van der Waals surface area contributed by atoms with Gasteiger partial charge in [0.05, 0.1) is 0 Å². The van der Waals surface area contributed by atoms with Crippen LogP contribution in [0.1, 0.15) is 17.0 Å². The van der Waals surface area contributed by atoms with Crippen molar-refractivity contribution in [3.8, 4) is 0 Å². The fourth-order valence-electron chi connectivity index (χ4n) is 2.32. The number of nitrogens with zero attached hydrogens (tertiary/aromatic N) is 2. The van der Waals surface area contributed by atoms with E-state index in [-0.39, 0.29) is 0 Å². The molecule has 0 unspecified atom stereocenters. The third-order valence-electron chi connectivity index (χ3n) is 3.20. The molecule has 2 nitrogen and oxygen atoms in total. The van der Waals surface area contributed by atoms with Gasteiger partial charge in [-0.3, -0.25) is 0 Å². The van der Waals surface area contributed by atoms with E-state index in [9.17, 15) is 0 Å². The highest BCUT2D eigenvalue weighted by atomic mass is 32.2. The van der Waals surface area contributed by atoms with Crippen molar-refractivity contribution in [3.63, 3.8) is 0 Å². The van der Waals surface area contributed by atoms with Gasteiger partial charge in [-0.2, -0.15) is 0 Å². The Bertz CT molecular complexity index is 727. The van der Waals surface area contributed by atoms with E-state index in [1.165, 1.54) is 16.3 Å². The van der Waals surface area contributed by atoms with Crippen molar-refractivity contribution in [1.82, 2.24) is 9.97 Å². The highest BCUT2D eigenvalue weighted by Crippen LogP contribution is 2.25. The number of benzene rings is 2. The maximum Gasteiger partial charge on any atom is 0.188 e. The molecule has 3 heteroatoms. The van der Waals surface area contributed by atoms with E-state index in [1.54, 1.807) is 11.8 Å². The van der Waals surface area contributed by atoms with Crippen LogP contribution in [0.4, 0.5) is 0 Å². The Morgan fingerprint density at radius 2 is 1.60 bits per heavy atom. The summed E-state index contributed by atoms with van der Waals surface area (Å²) < 4.78 is 0. The molecule has 0 saturated carbocycles. The van der Waals surface area contributed by atoms with Gasteiger partial charge in [-0.15, -0.1) is 0 Å². The second-order valence-electron chi connectivity index (χ2n) is 4.86. The smallest absolute Gasteiger partial charge is 0.188 e. The fourth-order valence-corrected chi connectivity index (χ4v) is 3.27. The van der Waals surface area contributed by atoms with Crippen LogP contribution in [0, 0.1) is 13.8 Å². The van der Waals surface area contributed by atoms with Gasteiger partial charge in [-0.1, -0.05) is 54.2 Å². The molecule has 0 amide bonds. The number of hydrogen-bond acceptors (Lipinski definition) is 3. The number of fused-ring (bicyclic) bond motifs is 1. The van der Waals surface area contributed by atoms with E-state index < -0.39 is 0 Å². The lowest BCUT2D eigenvalue weighted by molar-refractivity contribution is 0.902. The molecule has 3 aromatic rings. The SMILES string of the molecule is Cc1cc(C)nc(SCc2cccc3ccccc23)n1. The lowest BCUT2D eigenvalue weighted by Crippen LogP contribution is -1.93. The van der Waals surface area contributed by atoms with Crippen molar-refractivity contribution in [2.75, 3.05) is 0 Å². The molecule has 2 aromatic carbocycles. The van der Waals surface area contributed by atoms with Crippen LogP contribution in [0.3, 0.4) is 0 Å². The average molecular weight is 280 g/mol. The van der Waals surface area contributed by atoms with Crippen LogP contribution < -0.4 is 0 Å². The summed E-state index contributed by atoms with van der Waals surface area (Å²) in [5.74, 6) is 0.893. The largest absolute Gasteiger partial charge is 0.228 e. The van der Waals surface area contributed by atoms with E-state index in [4.69, 9.17) is 0 Å². The van der Waals surface area contributed by atoms with E-state index in [0.717, 1.165) is 22.3 Å². The fraction of sp³-hybridized carbons (Fsp3) is 0.176. The third-order valence-corrected chi connectivity index (χ3v) is 4.09. The van der Waals surface area contributed by atoms with Crippen LogP contribution in [0.5, 0.6) is 0 Å². The molecule has 0 N–H and O–H groups in total. The van der Waals surface area contributed by atoms with Gasteiger partial charge in [0.1, 0.15) is 0 Å². The summed E-state index contributed by atoms with van der Waals surface area (Å²) in [6.07, 6.45) is 0. The van der Waals surface area contributed by atoms with Gasteiger partial charge in [0.25, 0.3) is 0 Å². The Labute approximate surface area is 123 Å². The highest BCUT2D eigenvalue weighted by Gasteiger charge is 2.04. The molecule has 1 heterocycles.